The Bertz CT molecular complexity index is 877. The summed E-state index contributed by atoms with van der Waals surface area (Å²) in [7, 11) is 0. The van der Waals surface area contributed by atoms with Crippen LogP contribution in [0.4, 0.5) is 0 Å². The fourth-order valence-electron chi connectivity index (χ4n) is 3.47. The van der Waals surface area contributed by atoms with Gasteiger partial charge in [0.25, 0.3) is 5.91 Å². The molecule has 1 aromatic heterocycles. The number of aromatic nitrogens is 1. The normalized spacial score (nSPS) is 20.3. The number of hydrogen-bond acceptors (Lipinski definition) is 6. The SMILES string of the molecule is Cc1cc(C)cc(OCc2cnc(C3(C)CCN(C(C)C(=O)NO)C3=O)s2)c1. The van der Waals surface area contributed by atoms with E-state index in [9.17, 15) is 9.59 Å². The van der Waals surface area contributed by atoms with Gasteiger partial charge in [-0.15, -0.1) is 11.3 Å². The lowest BCUT2D eigenvalue weighted by molar-refractivity contribution is -0.143. The molecule has 150 valence electrons. The molecule has 1 aliphatic rings. The average Bonchev–Trinajstić information content (AvgIpc) is 3.24. The Kier molecular flexibility index (Phi) is 5.71. The number of rotatable bonds is 6. The zero-order valence-corrected chi connectivity index (χ0v) is 17.3. The number of carbonyl (C=O) groups is 2. The Balaban J connectivity index is 1.70. The van der Waals surface area contributed by atoms with Gasteiger partial charge in [0.1, 0.15) is 23.4 Å². The van der Waals surface area contributed by atoms with Crippen molar-refractivity contribution in [1.82, 2.24) is 15.4 Å². The number of aryl methyl sites for hydroxylation is 2. The number of hydroxylamine groups is 1. The summed E-state index contributed by atoms with van der Waals surface area (Å²) in [5, 5.41) is 9.55. The van der Waals surface area contributed by atoms with Crippen molar-refractivity contribution >= 4 is 23.2 Å². The number of amides is 2. The van der Waals surface area contributed by atoms with Crippen LogP contribution < -0.4 is 10.2 Å². The summed E-state index contributed by atoms with van der Waals surface area (Å²) in [6.07, 6.45) is 2.31. The van der Waals surface area contributed by atoms with Crippen LogP contribution in [0.25, 0.3) is 0 Å². The third-order valence-electron chi connectivity index (χ3n) is 5.14. The largest absolute Gasteiger partial charge is 0.488 e. The zero-order chi connectivity index (χ0) is 20.5. The van der Waals surface area contributed by atoms with Crippen LogP contribution in [0.2, 0.25) is 0 Å². The second kappa shape index (κ2) is 7.89. The summed E-state index contributed by atoms with van der Waals surface area (Å²) < 4.78 is 5.89. The van der Waals surface area contributed by atoms with Gasteiger partial charge < -0.3 is 9.64 Å². The van der Waals surface area contributed by atoms with Crippen LogP contribution in [0.5, 0.6) is 5.75 Å². The topological polar surface area (TPSA) is 91.8 Å². The fourth-order valence-corrected chi connectivity index (χ4v) is 4.46. The van der Waals surface area contributed by atoms with E-state index in [1.165, 1.54) is 16.2 Å². The Hall–Kier alpha value is -2.45. The standard InChI is InChI=1S/C20H25N3O4S/c1-12-7-13(2)9-15(8-12)27-11-16-10-21-18(28-16)20(4)5-6-23(19(20)25)14(3)17(24)22-26/h7-10,14,26H,5-6,11H2,1-4H3,(H,22,24). The number of benzene rings is 1. The highest BCUT2D eigenvalue weighted by Crippen LogP contribution is 2.38. The van der Waals surface area contributed by atoms with E-state index in [0.717, 1.165) is 26.8 Å². The minimum atomic E-state index is -0.771. The van der Waals surface area contributed by atoms with E-state index in [2.05, 4.69) is 11.1 Å². The molecule has 2 atom stereocenters. The molecule has 7 nitrogen and oxygen atoms in total. The molecule has 0 saturated carbocycles. The smallest absolute Gasteiger partial charge is 0.265 e. The van der Waals surface area contributed by atoms with Crippen molar-refractivity contribution < 1.29 is 19.5 Å². The van der Waals surface area contributed by atoms with Crippen LogP contribution in [0.15, 0.2) is 24.4 Å². The summed E-state index contributed by atoms with van der Waals surface area (Å²) >= 11 is 1.45. The Morgan fingerprint density at radius 3 is 2.71 bits per heavy atom. The van der Waals surface area contributed by atoms with Crippen molar-refractivity contribution in [3.63, 3.8) is 0 Å². The van der Waals surface area contributed by atoms with E-state index in [1.807, 2.05) is 32.9 Å². The quantitative estimate of drug-likeness (QED) is 0.572. The number of likely N-dealkylation sites (tertiary alicyclic amines) is 1. The molecule has 3 rings (SSSR count). The lowest BCUT2D eigenvalue weighted by atomic mass is 9.90. The van der Waals surface area contributed by atoms with Crippen LogP contribution in [-0.4, -0.2) is 39.5 Å². The van der Waals surface area contributed by atoms with Gasteiger partial charge in [0.15, 0.2) is 0 Å². The summed E-state index contributed by atoms with van der Waals surface area (Å²) in [6.45, 7) is 8.34. The predicted molar refractivity (Wildman–Crippen MR) is 105 cm³/mol. The number of carbonyl (C=O) groups excluding carboxylic acids is 2. The molecule has 1 saturated heterocycles. The summed E-state index contributed by atoms with van der Waals surface area (Å²) in [4.78, 5) is 31.5. The monoisotopic (exact) mass is 403 g/mol. The molecule has 1 aliphatic heterocycles. The fraction of sp³-hybridized carbons (Fsp3) is 0.450. The molecule has 0 spiro atoms. The zero-order valence-electron chi connectivity index (χ0n) is 16.5. The number of nitrogens with one attached hydrogen (secondary N) is 1. The minimum Gasteiger partial charge on any atom is -0.488 e. The van der Waals surface area contributed by atoms with Gasteiger partial charge in [-0.1, -0.05) is 6.07 Å². The van der Waals surface area contributed by atoms with Crippen molar-refractivity contribution in [2.75, 3.05) is 6.54 Å². The van der Waals surface area contributed by atoms with Crippen molar-refractivity contribution in [2.24, 2.45) is 0 Å². The van der Waals surface area contributed by atoms with E-state index in [1.54, 1.807) is 18.6 Å². The molecule has 1 aromatic carbocycles. The number of thiazole rings is 1. The molecule has 2 heterocycles. The molecule has 2 aromatic rings. The second-order valence-corrected chi connectivity index (χ2v) is 8.59. The molecular weight excluding hydrogens is 378 g/mol. The van der Waals surface area contributed by atoms with Gasteiger partial charge >= 0.3 is 0 Å². The lowest BCUT2D eigenvalue weighted by Gasteiger charge is -2.25. The molecular formula is C20H25N3O4S. The van der Waals surface area contributed by atoms with Crippen molar-refractivity contribution in [2.45, 2.75) is 52.2 Å². The van der Waals surface area contributed by atoms with Crippen LogP contribution >= 0.6 is 11.3 Å². The molecule has 8 heteroatoms. The Labute approximate surface area is 168 Å². The van der Waals surface area contributed by atoms with Crippen LogP contribution in [0, 0.1) is 13.8 Å². The summed E-state index contributed by atoms with van der Waals surface area (Å²) in [6, 6.07) is 5.34. The van der Waals surface area contributed by atoms with Gasteiger partial charge in [-0.25, -0.2) is 10.5 Å². The molecule has 0 radical (unpaired) electrons. The van der Waals surface area contributed by atoms with E-state index < -0.39 is 17.4 Å². The first-order valence-corrected chi connectivity index (χ1v) is 9.97. The molecule has 28 heavy (non-hydrogen) atoms. The van der Waals surface area contributed by atoms with Gasteiger partial charge in [-0.2, -0.15) is 0 Å². The van der Waals surface area contributed by atoms with E-state index in [4.69, 9.17) is 9.94 Å². The third kappa shape index (κ3) is 3.88. The third-order valence-corrected chi connectivity index (χ3v) is 6.38. The first kappa shape index (κ1) is 20.3. The number of nitrogens with zero attached hydrogens (tertiary/aromatic N) is 2. The van der Waals surface area contributed by atoms with E-state index >= 15 is 0 Å². The van der Waals surface area contributed by atoms with Crippen LogP contribution in [0.1, 0.15) is 41.3 Å². The van der Waals surface area contributed by atoms with Crippen LogP contribution in [-0.2, 0) is 21.6 Å². The molecule has 2 amide bonds. The highest BCUT2D eigenvalue weighted by molar-refractivity contribution is 7.11. The minimum absolute atomic E-state index is 0.153. The number of hydrogen-bond donors (Lipinski definition) is 2. The Morgan fingerprint density at radius 2 is 2.07 bits per heavy atom. The second-order valence-electron chi connectivity index (χ2n) is 7.48. The highest BCUT2D eigenvalue weighted by atomic mass is 32.1. The maximum absolute atomic E-state index is 13.0. The Morgan fingerprint density at radius 1 is 1.39 bits per heavy atom. The van der Waals surface area contributed by atoms with Crippen molar-refractivity contribution in [3.8, 4) is 5.75 Å². The first-order chi connectivity index (χ1) is 13.2. The summed E-state index contributed by atoms with van der Waals surface area (Å²) in [5.41, 5.74) is 3.13. The average molecular weight is 404 g/mol. The predicted octanol–water partition coefficient (Wildman–Crippen LogP) is 2.72. The summed E-state index contributed by atoms with van der Waals surface area (Å²) in [5.74, 6) is 0.0598. The molecule has 0 bridgehead atoms. The van der Waals surface area contributed by atoms with Gasteiger partial charge in [-0.3, -0.25) is 14.8 Å². The molecule has 2 N–H and O–H groups in total. The maximum atomic E-state index is 13.0. The first-order valence-electron chi connectivity index (χ1n) is 9.16. The molecule has 0 aliphatic carbocycles. The molecule has 1 fully saturated rings. The highest BCUT2D eigenvalue weighted by Gasteiger charge is 2.48. The van der Waals surface area contributed by atoms with Crippen molar-refractivity contribution in [3.05, 3.63) is 45.4 Å². The van der Waals surface area contributed by atoms with Crippen molar-refractivity contribution in [1.29, 1.82) is 0 Å². The number of ether oxygens (including phenoxy) is 1. The van der Waals surface area contributed by atoms with Gasteiger partial charge in [0, 0.05) is 12.7 Å². The molecule has 2 unspecified atom stereocenters. The van der Waals surface area contributed by atoms with Crippen LogP contribution in [0.3, 0.4) is 0 Å². The van der Waals surface area contributed by atoms with Gasteiger partial charge in [-0.05, 0) is 57.4 Å². The van der Waals surface area contributed by atoms with Gasteiger partial charge in [0.2, 0.25) is 5.91 Å². The lowest BCUT2D eigenvalue weighted by Crippen LogP contribution is -2.47. The van der Waals surface area contributed by atoms with Gasteiger partial charge in [0.05, 0.1) is 10.3 Å². The van der Waals surface area contributed by atoms with E-state index in [0.29, 0.717) is 19.6 Å². The van der Waals surface area contributed by atoms with E-state index in [-0.39, 0.29) is 5.91 Å². The maximum Gasteiger partial charge on any atom is 0.265 e.